The van der Waals surface area contributed by atoms with Gasteiger partial charge in [0, 0.05) is 52.3 Å². The Bertz CT molecular complexity index is 1700. The smallest absolute Gasteiger partial charge is 0.306 e. The number of rotatable bonds is 9. The van der Waals surface area contributed by atoms with Crippen LogP contribution in [0.4, 0.5) is 16.0 Å². The topological polar surface area (TPSA) is 148 Å². The summed E-state index contributed by atoms with van der Waals surface area (Å²) in [5.41, 5.74) is 0.470. The third-order valence-corrected chi connectivity index (χ3v) is 10.7. The predicted octanol–water partition coefficient (Wildman–Crippen LogP) is 5.82. The lowest BCUT2D eigenvalue weighted by molar-refractivity contribution is -0.156. The van der Waals surface area contributed by atoms with Crippen LogP contribution in [0, 0.1) is 5.92 Å². The number of ether oxygens (including phenoxy) is 1. The Morgan fingerprint density at radius 1 is 0.884 bits per heavy atom. The molecule has 5 rings (SSSR count). The fourth-order valence-corrected chi connectivity index (χ4v) is 7.72. The molecule has 1 fully saturated rings. The number of esters is 1. The van der Waals surface area contributed by atoms with Gasteiger partial charge in [-0.05, 0) is 69.3 Å². The Balaban J connectivity index is 0.000000225. The van der Waals surface area contributed by atoms with Crippen LogP contribution >= 0.6 is 38.6 Å². The number of nitrogens with zero attached hydrogens (tertiary/aromatic N) is 3. The summed E-state index contributed by atoms with van der Waals surface area (Å²) in [5, 5.41) is 4.12. The quantitative estimate of drug-likeness (QED) is 0.204. The van der Waals surface area contributed by atoms with Gasteiger partial charge >= 0.3 is 5.97 Å². The van der Waals surface area contributed by atoms with Crippen LogP contribution in [0.25, 0.3) is 0 Å². The third kappa shape index (κ3) is 9.72. The molecular weight excluding hydrogens is 698 g/mol. The number of benzene rings is 2. The van der Waals surface area contributed by atoms with Crippen LogP contribution in [0.1, 0.15) is 27.2 Å². The van der Waals surface area contributed by atoms with E-state index < -0.39 is 25.6 Å². The van der Waals surface area contributed by atoms with Crippen molar-refractivity contribution >= 4 is 80.6 Å². The third-order valence-electron chi connectivity index (χ3n) is 5.78. The van der Waals surface area contributed by atoms with Gasteiger partial charge < -0.3 is 9.64 Å². The number of hydrogen-bond donors (Lipinski definition) is 2. The lowest BCUT2D eigenvalue weighted by Gasteiger charge is -2.41. The van der Waals surface area contributed by atoms with Crippen LogP contribution in [-0.4, -0.2) is 51.5 Å². The molecule has 0 aliphatic carbocycles. The summed E-state index contributed by atoms with van der Waals surface area (Å²) in [6.45, 7) is 7.08. The van der Waals surface area contributed by atoms with E-state index in [0.29, 0.717) is 16.7 Å². The first-order valence-electron chi connectivity index (χ1n) is 12.9. The lowest BCUT2D eigenvalue weighted by Crippen LogP contribution is -2.48. The first kappa shape index (κ1) is 32.9. The lowest BCUT2D eigenvalue weighted by atomic mass is 9.95. The standard InChI is InChI=1S/C18H23N3O4S2.C9H7BrN2O2S2/c1-18(2,3)25-16(22)10-13-11-21(12-13)14-4-6-15(7-5-14)27(23,24)20-17-19-8-9-26-17;10-7-1-3-8(4-2-7)16(13,14)12-9-11-5-6-15-9/h4-9,13H,10-12H2,1-3H3,(H,19,20);1-6H,(H,11,12). The van der Waals surface area contributed by atoms with Crippen LogP contribution < -0.4 is 14.3 Å². The molecule has 1 aliphatic heterocycles. The molecule has 1 aliphatic rings. The molecule has 0 unspecified atom stereocenters. The molecule has 3 heterocycles. The van der Waals surface area contributed by atoms with Gasteiger partial charge in [0.05, 0.1) is 16.2 Å². The van der Waals surface area contributed by atoms with Gasteiger partial charge in [-0.25, -0.2) is 26.8 Å². The molecule has 43 heavy (non-hydrogen) atoms. The molecule has 0 bridgehead atoms. The number of halogens is 1. The van der Waals surface area contributed by atoms with Crippen LogP contribution in [0.2, 0.25) is 0 Å². The minimum atomic E-state index is -3.64. The Morgan fingerprint density at radius 3 is 1.77 bits per heavy atom. The van der Waals surface area contributed by atoms with E-state index in [1.165, 1.54) is 34.8 Å². The SMILES string of the molecule is CC(C)(C)OC(=O)CC1CN(c2ccc(S(=O)(=O)Nc3nccs3)cc2)C1.O=S(=O)(Nc1nccs1)c1ccc(Br)cc1. The maximum absolute atomic E-state index is 12.3. The Kier molecular flexibility index (Phi) is 10.5. The molecule has 0 amide bonds. The van der Waals surface area contributed by atoms with Crippen molar-refractivity contribution in [3.05, 3.63) is 76.2 Å². The molecule has 0 atom stereocenters. The highest BCUT2D eigenvalue weighted by molar-refractivity contribution is 9.10. The second kappa shape index (κ2) is 13.7. The molecule has 11 nitrogen and oxygen atoms in total. The number of nitrogens with one attached hydrogen (secondary N) is 2. The average molecular weight is 729 g/mol. The maximum Gasteiger partial charge on any atom is 0.306 e. The fraction of sp³-hybridized carbons (Fsp3) is 0.296. The van der Waals surface area contributed by atoms with E-state index in [4.69, 9.17) is 4.74 Å². The number of sulfonamides is 2. The van der Waals surface area contributed by atoms with Crippen LogP contribution in [0.3, 0.4) is 0 Å². The number of hydrogen-bond acceptors (Lipinski definition) is 11. The molecule has 0 radical (unpaired) electrons. The van der Waals surface area contributed by atoms with E-state index in [1.807, 2.05) is 20.8 Å². The number of anilines is 3. The molecule has 2 N–H and O–H groups in total. The Hall–Kier alpha value is -3.05. The van der Waals surface area contributed by atoms with Crippen LogP contribution in [0.15, 0.2) is 85.9 Å². The highest BCUT2D eigenvalue weighted by Gasteiger charge is 2.31. The van der Waals surface area contributed by atoms with Gasteiger partial charge in [-0.15, -0.1) is 22.7 Å². The monoisotopic (exact) mass is 727 g/mol. The van der Waals surface area contributed by atoms with E-state index in [1.54, 1.807) is 59.6 Å². The minimum Gasteiger partial charge on any atom is -0.460 e. The van der Waals surface area contributed by atoms with Crippen molar-refractivity contribution in [2.75, 3.05) is 27.4 Å². The van der Waals surface area contributed by atoms with E-state index in [2.05, 4.69) is 40.2 Å². The summed E-state index contributed by atoms with van der Waals surface area (Å²) >= 11 is 5.71. The first-order valence-corrected chi connectivity index (χ1v) is 18.4. The number of thiazole rings is 2. The summed E-state index contributed by atoms with van der Waals surface area (Å²) in [7, 11) is -7.16. The van der Waals surface area contributed by atoms with Gasteiger partial charge in [0.25, 0.3) is 20.0 Å². The highest BCUT2D eigenvalue weighted by atomic mass is 79.9. The zero-order valence-corrected chi connectivity index (χ0v) is 28.3. The molecule has 4 aromatic rings. The van der Waals surface area contributed by atoms with Gasteiger partial charge in [0.2, 0.25) is 0 Å². The molecule has 2 aromatic heterocycles. The van der Waals surface area contributed by atoms with E-state index in [-0.39, 0.29) is 21.7 Å². The average Bonchev–Trinajstić information content (AvgIpc) is 3.60. The number of carbonyl (C=O) groups is 1. The molecule has 16 heteroatoms. The highest BCUT2D eigenvalue weighted by Crippen LogP contribution is 2.29. The Labute approximate surface area is 267 Å². The molecule has 2 aromatic carbocycles. The fourth-order valence-electron chi connectivity index (χ4n) is 3.87. The van der Waals surface area contributed by atoms with Crippen LogP contribution in [0.5, 0.6) is 0 Å². The Morgan fingerprint density at radius 2 is 1.35 bits per heavy atom. The van der Waals surface area contributed by atoms with Gasteiger partial charge in [-0.1, -0.05) is 15.9 Å². The van der Waals surface area contributed by atoms with Crippen molar-refractivity contribution in [3.8, 4) is 0 Å². The van der Waals surface area contributed by atoms with Crippen molar-refractivity contribution in [2.45, 2.75) is 42.6 Å². The summed E-state index contributed by atoms with van der Waals surface area (Å²) < 4.78 is 59.4. The van der Waals surface area contributed by atoms with E-state index >= 15 is 0 Å². The van der Waals surface area contributed by atoms with Crippen molar-refractivity contribution in [1.29, 1.82) is 0 Å². The molecule has 0 spiro atoms. The second-order valence-electron chi connectivity index (χ2n) is 10.4. The first-order chi connectivity index (χ1) is 20.2. The van der Waals surface area contributed by atoms with Crippen molar-refractivity contribution in [2.24, 2.45) is 5.92 Å². The normalized spacial score (nSPS) is 13.8. The van der Waals surface area contributed by atoms with Crippen molar-refractivity contribution < 1.29 is 26.4 Å². The van der Waals surface area contributed by atoms with Crippen molar-refractivity contribution in [3.63, 3.8) is 0 Å². The largest absolute Gasteiger partial charge is 0.460 e. The maximum atomic E-state index is 12.3. The summed E-state index contributed by atoms with van der Waals surface area (Å²) in [6, 6.07) is 13.1. The molecule has 230 valence electrons. The van der Waals surface area contributed by atoms with Gasteiger partial charge in [0.15, 0.2) is 10.3 Å². The zero-order chi connectivity index (χ0) is 31.3. The summed E-state index contributed by atoms with van der Waals surface area (Å²) in [4.78, 5) is 22.2. The molecule has 0 saturated carbocycles. The van der Waals surface area contributed by atoms with E-state index in [9.17, 15) is 21.6 Å². The summed E-state index contributed by atoms with van der Waals surface area (Å²) in [6.07, 6.45) is 3.49. The van der Waals surface area contributed by atoms with Gasteiger partial charge in [0.1, 0.15) is 5.60 Å². The summed E-state index contributed by atoms with van der Waals surface area (Å²) in [5.74, 6) is 0.0803. The number of carbonyl (C=O) groups excluding carboxylic acids is 1. The predicted molar refractivity (Wildman–Crippen MR) is 173 cm³/mol. The van der Waals surface area contributed by atoms with E-state index in [0.717, 1.165) is 23.2 Å². The molecule has 1 saturated heterocycles. The minimum absolute atomic E-state index is 0.179. The zero-order valence-electron chi connectivity index (χ0n) is 23.4. The van der Waals surface area contributed by atoms with Crippen LogP contribution in [-0.2, 0) is 29.6 Å². The van der Waals surface area contributed by atoms with Gasteiger partial charge in [-0.3, -0.25) is 14.2 Å². The molecular formula is C27H30BrN5O6S4. The number of aromatic nitrogens is 2. The second-order valence-corrected chi connectivity index (χ2v) is 16.5. The van der Waals surface area contributed by atoms with Crippen molar-refractivity contribution in [1.82, 2.24) is 9.97 Å². The van der Waals surface area contributed by atoms with Gasteiger partial charge in [-0.2, -0.15) is 0 Å².